The van der Waals surface area contributed by atoms with Crippen LogP contribution < -0.4 is 16.4 Å². The molecule has 0 saturated carbocycles. The van der Waals surface area contributed by atoms with Crippen LogP contribution in [0.2, 0.25) is 0 Å². The molecule has 5 heterocycles. The average molecular weight is 568 g/mol. The third-order valence-corrected chi connectivity index (χ3v) is 8.21. The third kappa shape index (κ3) is 5.07. The minimum Gasteiger partial charge on any atom is -0.389 e. The summed E-state index contributed by atoms with van der Waals surface area (Å²) in [4.78, 5) is 15.2. The van der Waals surface area contributed by atoms with Crippen molar-refractivity contribution in [3.8, 4) is 17.3 Å². The standard InChI is InChI=1S/C23H19F2N7OS.C4H10.C2H6/c1-9-5-32(6-15(9)27)23-30-3-11-12-7-33-8-13(12)16(18(25)19(11)31-23)20-17-10(2-26)22(28)34-21(17)14(24)4-29-20;1-3-4-2;1-2/h3-4,9,15H,5-8,27-28H2,1H3;3-4H2,1-2H3;1-2H3. The molecular weight excluding hydrogens is 532 g/mol. The van der Waals surface area contributed by atoms with Gasteiger partial charge in [0, 0.05) is 41.7 Å². The van der Waals surface area contributed by atoms with Crippen molar-refractivity contribution in [2.45, 2.75) is 66.7 Å². The molecule has 0 aliphatic carbocycles. The third-order valence-electron chi connectivity index (χ3n) is 7.19. The number of pyridine rings is 1. The number of hydrogen-bond acceptors (Lipinski definition) is 9. The number of nitrogens with zero attached hydrogens (tertiary/aromatic N) is 5. The highest BCUT2D eigenvalue weighted by Crippen LogP contribution is 2.45. The molecule has 212 valence electrons. The Kier molecular flexibility index (Phi) is 9.13. The van der Waals surface area contributed by atoms with E-state index in [1.54, 1.807) is 6.20 Å². The molecule has 0 bridgehead atoms. The Morgan fingerprint density at radius 1 is 1.12 bits per heavy atom. The minimum atomic E-state index is -0.617. The van der Waals surface area contributed by atoms with Crippen molar-refractivity contribution in [2.75, 3.05) is 23.7 Å². The predicted octanol–water partition coefficient (Wildman–Crippen LogP) is 6.28. The lowest BCUT2D eigenvalue weighted by molar-refractivity contribution is 0.135. The number of aromatic nitrogens is 3. The van der Waals surface area contributed by atoms with E-state index in [9.17, 15) is 9.65 Å². The summed E-state index contributed by atoms with van der Waals surface area (Å²) in [6, 6.07) is 2.00. The van der Waals surface area contributed by atoms with Gasteiger partial charge in [-0.3, -0.25) is 4.98 Å². The van der Waals surface area contributed by atoms with Crippen molar-refractivity contribution in [2.24, 2.45) is 11.7 Å². The second-order valence-corrected chi connectivity index (χ2v) is 10.8. The molecule has 0 amide bonds. The predicted molar refractivity (Wildman–Crippen MR) is 157 cm³/mol. The van der Waals surface area contributed by atoms with E-state index in [0.717, 1.165) is 23.1 Å². The number of anilines is 2. The zero-order chi connectivity index (χ0) is 29.1. The first kappa shape index (κ1) is 29.5. The number of nitrogens with two attached hydrogens (primary N) is 2. The van der Waals surface area contributed by atoms with Crippen LogP contribution in [0.25, 0.3) is 32.2 Å². The van der Waals surface area contributed by atoms with Crippen LogP contribution in [0.4, 0.5) is 19.7 Å². The lowest BCUT2D eigenvalue weighted by atomic mass is 9.94. The van der Waals surface area contributed by atoms with E-state index in [1.807, 2.05) is 24.8 Å². The molecule has 8 nitrogen and oxygen atoms in total. The van der Waals surface area contributed by atoms with Crippen molar-refractivity contribution in [3.63, 3.8) is 0 Å². The lowest BCUT2D eigenvalue weighted by Crippen LogP contribution is -2.29. The molecule has 4 N–H and O–H groups in total. The van der Waals surface area contributed by atoms with Gasteiger partial charge in [-0.1, -0.05) is 47.5 Å². The lowest BCUT2D eigenvalue weighted by Gasteiger charge is -2.18. The fourth-order valence-corrected chi connectivity index (χ4v) is 5.77. The first-order valence-corrected chi connectivity index (χ1v) is 14.5. The highest BCUT2D eigenvalue weighted by molar-refractivity contribution is 7.23. The maximum absolute atomic E-state index is 16.3. The Morgan fingerprint density at radius 3 is 2.45 bits per heavy atom. The largest absolute Gasteiger partial charge is 0.389 e. The molecule has 4 aromatic rings. The van der Waals surface area contributed by atoms with Gasteiger partial charge in [0.05, 0.1) is 35.4 Å². The highest BCUT2D eigenvalue weighted by atomic mass is 32.1. The summed E-state index contributed by atoms with van der Waals surface area (Å²) in [6.07, 6.45) is 5.28. The summed E-state index contributed by atoms with van der Waals surface area (Å²) in [6.45, 7) is 12.1. The first-order chi connectivity index (χ1) is 19.3. The van der Waals surface area contributed by atoms with Crippen molar-refractivity contribution < 1.29 is 13.5 Å². The smallest absolute Gasteiger partial charge is 0.226 e. The van der Waals surface area contributed by atoms with E-state index in [4.69, 9.17) is 16.2 Å². The molecule has 2 aliphatic rings. The first-order valence-electron chi connectivity index (χ1n) is 13.7. The van der Waals surface area contributed by atoms with Gasteiger partial charge in [-0.2, -0.15) is 5.26 Å². The van der Waals surface area contributed by atoms with Crippen LogP contribution >= 0.6 is 11.3 Å². The molecule has 2 atom stereocenters. The number of hydrogen-bond donors (Lipinski definition) is 2. The molecule has 6 rings (SSSR count). The zero-order valence-electron chi connectivity index (χ0n) is 23.5. The number of nitriles is 1. The molecule has 1 aromatic carbocycles. The molecule has 1 fully saturated rings. The van der Waals surface area contributed by atoms with Crippen LogP contribution in [0, 0.1) is 28.9 Å². The molecule has 2 unspecified atom stereocenters. The van der Waals surface area contributed by atoms with Crippen LogP contribution in [-0.2, 0) is 18.0 Å². The van der Waals surface area contributed by atoms with E-state index in [1.165, 1.54) is 12.8 Å². The van der Waals surface area contributed by atoms with E-state index in [2.05, 4.69) is 35.7 Å². The number of nitrogen functional groups attached to an aromatic ring is 1. The topological polar surface area (TPSA) is 127 Å². The van der Waals surface area contributed by atoms with Gasteiger partial charge in [0.25, 0.3) is 0 Å². The Bertz CT molecular complexity index is 1570. The number of ether oxygens (including phenoxy) is 1. The Hall–Kier alpha value is -3.46. The number of rotatable bonds is 3. The van der Waals surface area contributed by atoms with Gasteiger partial charge in [-0.15, -0.1) is 11.3 Å². The van der Waals surface area contributed by atoms with E-state index >= 15 is 4.39 Å². The fourth-order valence-electron chi connectivity index (χ4n) is 4.85. The number of unbranched alkanes of at least 4 members (excludes halogenated alkanes) is 1. The highest BCUT2D eigenvalue weighted by Gasteiger charge is 2.32. The van der Waals surface area contributed by atoms with Gasteiger partial charge in [-0.05, 0) is 17.0 Å². The van der Waals surface area contributed by atoms with Crippen molar-refractivity contribution in [1.82, 2.24) is 15.0 Å². The quantitative estimate of drug-likeness (QED) is 0.296. The molecule has 11 heteroatoms. The second-order valence-electron chi connectivity index (χ2n) is 9.73. The van der Waals surface area contributed by atoms with Crippen LogP contribution in [0.1, 0.15) is 64.2 Å². The van der Waals surface area contributed by atoms with E-state index in [-0.39, 0.29) is 62.6 Å². The maximum Gasteiger partial charge on any atom is 0.226 e. The van der Waals surface area contributed by atoms with E-state index < -0.39 is 11.6 Å². The minimum absolute atomic E-state index is 0.0155. The fraction of sp³-hybridized carbons (Fsp3) is 0.448. The normalized spacial score (nSPS) is 17.7. The van der Waals surface area contributed by atoms with Crippen molar-refractivity contribution in [3.05, 3.63) is 40.7 Å². The van der Waals surface area contributed by atoms with Gasteiger partial charge in [-0.25, -0.2) is 18.7 Å². The second kappa shape index (κ2) is 12.4. The molecular formula is C29H35F2N7OS. The summed E-state index contributed by atoms with van der Waals surface area (Å²) in [7, 11) is 0. The molecule has 0 spiro atoms. The molecule has 1 saturated heterocycles. The number of halogens is 2. The SMILES string of the molecule is CC.CC1CN(c2ncc3c4c(c(-c5ncc(F)c6sc(N)c(C#N)c56)c(F)c3n2)COC4)CC1N.CCCC. The molecule has 0 radical (unpaired) electrons. The van der Waals surface area contributed by atoms with Gasteiger partial charge in [0.1, 0.15) is 16.6 Å². The monoisotopic (exact) mass is 567 g/mol. The van der Waals surface area contributed by atoms with Gasteiger partial charge < -0.3 is 21.1 Å². The number of thiophene rings is 1. The number of fused-ring (bicyclic) bond motifs is 4. The van der Waals surface area contributed by atoms with Crippen LogP contribution in [0.3, 0.4) is 0 Å². The van der Waals surface area contributed by atoms with Gasteiger partial charge >= 0.3 is 0 Å². The zero-order valence-corrected chi connectivity index (χ0v) is 24.3. The van der Waals surface area contributed by atoms with Gasteiger partial charge in [0.15, 0.2) is 11.6 Å². The molecule has 2 aliphatic heterocycles. The van der Waals surface area contributed by atoms with E-state index in [0.29, 0.717) is 30.0 Å². The maximum atomic E-state index is 16.3. The summed E-state index contributed by atoms with van der Waals surface area (Å²) < 4.78 is 36.6. The van der Waals surface area contributed by atoms with Crippen LogP contribution in [-0.4, -0.2) is 34.1 Å². The Morgan fingerprint density at radius 2 is 1.82 bits per heavy atom. The van der Waals surface area contributed by atoms with Crippen molar-refractivity contribution >= 4 is 43.3 Å². The number of benzene rings is 1. The van der Waals surface area contributed by atoms with Crippen molar-refractivity contribution in [1.29, 1.82) is 5.26 Å². The summed E-state index contributed by atoms with van der Waals surface area (Å²) in [5.41, 5.74) is 14.0. The molecule has 3 aromatic heterocycles. The average Bonchev–Trinajstić information content (AvgIpc) is 3.68. The summed E-state index contributed by atoms with van der Waals surface area (Å²) >= 11 is 0.944. The van der Waals surface area contributed by atoms with Crippen LogP contribution in [0.15, 0.2) is 12.4 Å². The molecule has 40 heavy (non-hydrogen) atoms. The van der Waals surface area contributed by atoms with Gasteiger partial charge in [0.2, 0.25) is 5.95 Å². The Balaban J connectivity index is 0.000000568. The van der Waals surface area contributed by atoms with Crippen LogP contribution in [0.5, 0.6) is 0 Å². The summed E-state index contributed by atoms with van der Waals surface area (Å²) in [5, 5.41) is 10.6. The summed E-state index contributed by atoms with van der Waals surface area (Å²) in [5.74, 6) is -0.576. The Labute approximate surface area is 237 Å².